The summed E-state index contributed by atoms with van der Waals surface area (Å²) in [7, 11) is 0. The Bertz CT molecular complexity index is 633. The minimum Gasteiger partial charge on any atom is -0.366 e. The van der Waals surface area contributed by atoms with Crippen molar-refractivity contribution in [2.45, 2.75) is 12.6 Å². The second-order valence-electron chi connectivity index (χ2n) is 5.54. The standard InChI is InChI=1S/C17H20N4O.ClH/c18-17(22)14-5-3-13(4-6-14)12-21-9-8-20-11-16(21)15-2-1-7-19-10-15;/h1-7,10,16,20H,8-9,11-12H2,(H2,18,22);1H. The highest BCUT2D eigenvalue weighted by Crippen LogP contribution is 2.23. The molecular weight excluding hydrogens is 312 g/mol. The highest BCUT2D eigenvalue weighted by molar-refractivity contribution is 5.92. The fourth-order valence-corrected chi connectivity index (χ4v) is 2.85. The first-order valence-corrected chi connectivity index (χ1v) is 7.47. The summed E-state index contributed by atoms with van der Waals surface area (Å²) in [4.78, 5) is 17.8. The van der Waals surface area contributed by atoms with Crippen LogP contribution in [-0.2, 0) is 6.54 Å². The zero-order chi connectivity index (χ0) is 15.4. The van der Waals surface area contributed by atoms with Gasteiger partial charge in [0.05, 0.1) is 0 Å². The number of carbonyl (C=O) groups excluding carboxylic acids is 1. The van der Waals surface area contributed by atoms with Gasteiger partial charge in [-0.15, -0.1) is 12.4 Å². The average Bonchev–Trinajstić information content (AvgIpc) is 2.57. The Kier molecular flexibility index (Phi) is 6.10. The molecule has 23 heavy (non-hydrogen) atoms. The summed E-state index contributed by atoms with van der Waals surface area (Å²) in [5, 5.41) is 3.44. The van der Waals surface area contributed by atoms with Gasteiger partial charge in [-0.05, 0) is 29.3 Å². The van der Waals surface area contributed by atoms with Gasteiger partial charge < -0.3 is 11.1 Å². The molecule has 6 heteroatoms. The number of benzene rings is 1. The number of primary amides is 1. The molecule has 3 N–H and O–H groups in total. The number of hydrogen-bond acceptors (Lipinski definition) is 4. The number of halogens is 1. The molecule has 1 aliphatic heterocycles. The first-order valence-electron chi connectivity index (χ1n) is 7.47. The molecule has 3 rings (SSSR count). The molecular formula is C17H21ClN4O. The third-order valence-electron chi connectivity index (χ3n) is 4.05. The molecule has 122 valence electrons. The molecule has 1 aromatic carbocycles. The van der Waals surface area contributed by atoms with Gasteiger partial charge in [0.15, 0.2) is 0 Å². The largest absolute Gasteiger partial charge is 0.366 e. The van der Waals surface area contributed by atoms with Crippen molar-refractivity contribution in [3.8, 4) is 0 Å². The van der Waals surface area contributed by atoms with Crippen LogP contribution in [0.5, 0.6) is 0 Å². The Morgan fingerprint density at radius 3 is 2.74 bits per heavy atom. The molecule has 2 heterocycles. The molecule has 1 aromatic heterocycles. The van der Waals surface area contributed by atoms with Crippen molar-refractivity contribution in [3.63, 3.8) is 0 Å². The number of aromatic nitrogens is 1. The Hall–Kier alpha value is -1.95. The van der Waals surface area contributed by atoms with E-state index in [0.29, 0.717) is 11.6 Å². The van der Waals surface area contributed by atoms with Crippen LogP contribution in [0.25, 0.3) is 0 Å². The van der Waals surface area contributed by atoms with E-state index < -0.39 is 0 Å². The van der Waals surface area contributed by atoms with Crippen LogP contribution in [0.2, 0.25) is 0 Å². The Morgan fingerprint density at radius 2 is 2.09 bits per heavy atom. The monoisotopic (exact) mass is 332 g/mol. The maximum Gasteiger partial charge on any atom is 0.248 e. The third-order valence-corrected chi connectivity index (χ3v) is 4.05. The number of nitrogens with one attached hydrogen (secondary N) is 1. The molecule has 0 spiro atoms. The Labute approximate surface area is 142 Å². The minimum atomic E-state index is -0.387. The van der Waals surface area contributed by atoms with Crippen LogP contribution in [0.1, 0.15) is 27.5 Å². The number of amides is 1. The number of carbonyl (C=O) groups is 1. The van der Waals surface area contributed by atoms with Gasteiger partial charge in [-0.3, -0.25) is 14.7 Å². The quantitative estimate of drug-likeness (QED) is 0.894. The molecule has 1 fully saturated rings. The molecule has 5 nitrogen and oxygen atoms in total. The number of nitrogens with zero attached hydrogens (tertiary/aromatic N) is 2. The topological polar surface area (TPSA) is 71.2 Å². The Morgan fingerprint density at radius 1 is 1.30 bits per heavy atom. The average molecular weight is 333 g/mol. The van der Waals surface area contributed by atoms with Crippen molar-refractivity contribution >= 4 is 18.3 Å². The van der Waals surface area contributed by atoms with Crippen LogP contribution < -0.4 is 11.1 Å². The van der Waals surface area contributed by atoms with E-state index in [-0.39, 0.29) is 18.3 Å². The van der Waals surface area contributed by atoms with Gasteiger partial charge in [0, 0.05) is 50.2 Å². The smallest absolute Gasteiger partial charge is 0.248 e. The van der Waals surface area contributed by atoms with Gasteiger partial charge in [0.25, 0.3) is 0 Å². The van der Waals surface area contributed by atoms with Crippen LogP contribution in [0.4, 0.5) is 0 Å². The molecule has 2 aromatic rings. The van der Waals surface area contributed by atoms with Gasteiger partial charge in [-0.25, -0.2) is 0 Å². The van der Waals surface area contributed by atoms with E-state index in [1.807, 2.05) is 24.4 Å². The molecule has 1 aliphatic rings. The van der Waals surface area contributed by atoms with Gasteiger partial charge >= 0.3 is 0 Å². The fourth-order valence-electron chi connectivity index (χ4n) is 2.85. The zero-order valence-electron chi connectivity index (χ0n) is 12.8. The molecule has 0 bridgehead atoms. The molecule has 0 aliphatic carbocycles. The van der Waals surface area contributed by atoms with Crippen molar-refractivity contribution in [2.75, 3.05) is 19.6 Å². The van der Waals surface area contributed by atoms with Crippen molar-refractivity contribution < 1.29 is 4.79 Å². The van der Waals surface area contributed by atoms with Crippen LogP contribution >= 0.6 is 12.4 Å². The molecule has 1 saturated heterocycles. The minimum absolute atomic E-state index is 0. The fraction of sp³-hybridized carbons (Fsp3) is 0.294. The molecule has 1 amide bonds. The lowest BCUT2D eigenvalue weighted by molar-refractivity contribution is 0.1000. The third kappa shape index (κ3) is 4.28. The van der Waals surface area contributed by atoms with E-state index in [1.165, 1.54) is 11.1 Å². The summed E-state index contributed by atoms with van der Waals surface area (Å²) >= 11 is 0. The predicted octanol–water partition coefficient (Wildman–Crippen LogP) is 1.75. The van der Waals surface area contributed by atoms with Crippen molar-refractivity contribution in [1.29, 1.82) is 0 Å². The second kappa shape index (κ2) is 8.06. The maximum absolute atomic E-state index is 11.1. The summed E-state index contributed by atoms with van der Waals surface area (Å²) in [5.41, 5.74) is 8.24. The predicted molar refractivity (Wildman–Crippen MR) is 92.5 cm³/mol. The van der Waals surface area contributed by atoms with Crippen molar-refractivity contribution in [3.05, 3.63) is 65.5 Å². The number of rotatable bonds is 4. The van der Waals surface area contributed by atoms with Crippen LogP contribution in [0, 0.1) is 0 Å². The lowest BCUT2D eigenvalue weighted by atomic mass is 10.0. The lowest BCUT2D eigenvalue weighted by Gasteiger charge is -2.36. The molecule has 0 saturated carbocycles. The maximum atomic E-state index is 11.1. The van der Waals surface area contributed by atoms with Gasteiger partial charge in [-0.1, -0.05) is 18.2 Å². The van der Waals surface area contributed by atoms with E-state index in [4.69, 9.17) is 5.73 Å². The van der Waals surface area contributed by atoms with E-state index in [0.717, 1.165) is 26.2 Å². The first kappa shape index (κ1) is 17.4. The van der Waals surface area contributed by atoms with E-state index in [2.05, 4.69) is 21.3 Å². The summed E-state index contributed by atoms with van der Waals surface area (Å²) in [6.45, 7) is 3.73. The molecule has 1 atom stereocenters. The first-order chi connectivity index (χ1) is 10.7. The van der Waals surface area contributed by atoms with E-state index in [1.54, 1.807) is 18.3 Å². The lowest BCUT2D eigenvalue weighted by Crippen LogP contribution is -2.45. The number of hydrogen-bond donors (Lipinski definition) is 2. The molecule has 1 unspecified atom stereocenters. The highest BCUT2D eigenvalue weighted by atomic mass is 35.5. The van der Waals surface area contributed by atoms with Gasteiger partial charge in [0.2, 0.25) is 5.91 Å². The van der Waals surface area contributed by atoms with Crippen molar-refractivity contribution in [2.24, 2.45) is 5.73 Å². The zero-order valence-corrected chi connectivity index (χ0v) is 13.6. The van der Waals surface area contributed by atoms with Crippen LogP contribution in [-0.4, -0.2) is 35.4 Å². The second-order valence-corrected chi connectivity index (χ2v) is 5.54. The highest BCUT2D eigenvalue weighted by Gasteiger charge is 2.23. The Balaban J connectivity index is 0.00000192. The summed E-state index contributed by atoms with van der Waals surface area (Å²) in [6.07, 6.45) is 3.73. The van der Waals surface area contributed by atoms with Crippen molar-refractivity contribution in [1.82, 2.24) is 15.2 Å². The normalized spacial score (nSPS) is 18.2. The van der Waals surface area contributed by atoms with Gasteiger partial charge in [-0.2, -0.15) is 0 Å². The summed E-state index contributed by atoms with van der Waals surface area (Å²) in [6, 6.07) is 11.9. The number of pyridine rings is 1. The van der Waals surface area contributed by atoms with Crippen LogP contribution in [0.15, 0.2) is 48.8 Å². The van der Waals surface area contributed by atoms with E-state index in [9.17, 15) is 4.79 Å². The van der Waals surface area contributed by atoms with E-state index >= 15 is 0 Å². The van der Waals surface area contributed by atoms with Gasteiger partial charge in [0.1, 0.15) is 0 Å². The summed E-state index contributed by atoms with van der Waals surface area (Å²) in [5.74, 6) is -0.387. The number of piperazine rings is 1. The SMILES string of the molecule is Cl.NC(=O)c1ccc(CN2CCNCC2c2cccnc2)cc1. The summed E-state index contributed by atoms with van der Waals surface area (Å²) < 4.78 is 0. The number of nitrogens with two attached hydrogens (primary N) is 1. The molecule has 0 radical (unpaired) electrons. The van der Waals surface area contributed by atoms with Crippen LogP contribution in [0.3, 0.4) is 0 Å².